The minimum absolute atomic E-state index is 0.0650. The largest absolute Gasteiger partial charge is 0.453 e. The first kappa shape index (κ1) is 17.9. The zero-order valence-corrected chi connectivity index (χ0v) is 14.7. The third kappa shape index (κ3) is 4.20. The van der Waals surface area contributed by atoms with E-state index in [2.05, 4.69) is 25.3 Å². The van der Waals surface area contributed by atoms with Crippen LogP contribution in [-0.2, 0) is 9.53 Å². The van der Waals surface area contributed by atoms with Crippen LogP contribution in [0.4, 0.5) is 16.2 Å². The maximum Gasteiger partial charge on any atom is 0.411 e. The fourth-order valence-corrected chi connectivity index (χ4v) is 2.97. The predicted molar refractivity (Wildman–Crippen MR) is 98.7 cm³/mol. The van der Waals surface area contributed by atoms with E-state index < -0.39 is 6.09 Å². The van der Waals surface area contributed by atoms with E-state index in [0.29, 0.717) is 17.8 Å². The summed E-state index contributed by atoms with van der Waals surface area (Å²) >= 11 is 0. The lowest BCUT2D eigenvalue weighted by Crippen LogP contribution is -2.14. The molecule has 3 rings (SSSR count). The van der Waals surface area contributed by atoms with Crippen molar-refractivity contribution in [1.82, 2.24) is 9.97 Å². The minimum atomic E-state index is -0.573. The maximum atomic E-state index is 12.3. The number of H-pyrrole nitrogens is 1. The summed E-state index contributed by atoms with van der Waals surface area (Å²) in [6.07, 6.45) is 5.09. The van der Waals surface area contributed by atoms with Crippen LogP contribution >= 0.6 is 0 Å². The van der Waals surface area contributed by atoms with Gasteiger partial charge in [0.15, 0.2) is 0 Å². The SMILES string of the molecule is COC(=O)Nc1ccc2c(c1)NC(=O)CCCCC[C@H](N)c1ncc-2[nH]1. The van der Waals surface area contributed by atoms with Gasteiger partial charge in [-0.3, -0.25) is 10.1 Å². The fraction of sp³-hybridized carbons (Fsp3) is 0.389. The number of nitrogens with zero attached hydrogens (tertiary/aromatic N) is 1. The van der Waals surface area contributed by atoms with Crippen LogP contribution < -0.4 is 16.4 Å². The Morgan fingerprint density at radius 2 is 2.19 bits per heavy atom. The molecule has 26 heavy (non-hydrogen) atoms. The van der Waals surface area contributed by atoms with Gasteiger partial charge >= 0.3 is 6.09 Å². The van der Waals surface area contributed by atoms with Gasteiger partial charge in [-0.15, -0.1) is 0 Å². The number of anilines is 2. The molecule has 0 unspecified atom stereocenters. The molecule has 0 radical (unpaired) electrons. The summed E-state index contributed by atoms with van der Waals surface area (Å²) in [5.74, 6) is 0.665. The first-order valence-electron chi connectivity index (χ1n) is 8.66. The number of imidazole rings is 1. The third-order valence-corrected chi connectivity index (χ3v) is 4.38. The minimum Gasteiger partial charge on any atom is -0.453 e. The van der Waals surface area contributed by atoms with Gasteiger partial charge in [0.2, 0.25) is 5.91 Å². The quantitative estimate of drug-likeness (QED) is 0.624. The summed E-state index contributed by atoms with van der Waals surface area (Å²) in [4.78, 5) is 31.4. The lowest BCUT2D eigenvalue weighted by molar-refractivity contribution is -0.116. The fourth-order valence-electron chi connectivity index (χ4n) is 2.97. The van der Waals surface area contributed by atoms with Crippen LogP contribution in [0.2, 0.25) is 0 Å². The van der Waals surface area contributed by atoms with Crippen molar-refractivity contribution in [2.75, 3.05) is 17.7 Å². The van der Waals surface area contributed by atoms with E-state index in [0.717, 1.165) is 42.8 Å². The Hall–Kier alpha value is -2.87. The van der Waals surface area contributed by atoms with E-state index in [4.69, 9.17) is 5.73 Å². The molecule has 1 aliphatic rings. The van der Waals surface area contributed by atoms with Crippen LogP contribution in [0, 0.1) is 0 Å². The highest BCUT2D eigenvalue weighted by molar-refractivity contribution is 5.97. The van der Waals surface area contributed by atoms with Gasteiger partial charge in [0.25, 0.3) is 0 Å². The van der Waals surface area contributed by atoms with Crippen LogP contribution in [0.1, 0.15) is 44.0 Å². The van der Waals surface area contributed by atoms with Crippen molar-refractivity contribution in [3.05, 3.63) is 30.2 Å². The van der Waals surface area contributed by atoms with Gasteiger partial charge in [0.1, 0.15) is 5.82 Å². The van der Waals surface area contributed by atoms with Gasteiger partial charge in [-0.1, -0.05) is 12.8 Å². The molecule has 5 N–H and O–H groups in total. The Kier molecular flexibility index (Phi) is 5.52. The lowest BCUT2D eigenvalue weighted by atomic mass is 10.1. The highest BCUT2D eigenvalue weighted by Gasteiger charge is 2.16. The molecule has 0 aliphatic carbocycles. The second-order valence-electron chi connectivity index (χ2n) is 6.31. The van der Waals surface area contributed by atoms with E-state index in [-0.39, 0.29) is 11.9 Å². The van der Waals surface area contributed by atoms with Crippen molar-refractivity contribution in [3.63, 3.8) is 0 Å². The number of aromatic nitrogens is 2. The number of hydrogen-bond donors (Lipinski definition) is 4. The van der Waals surface area contributed by atoms with Crippen molar-refractivity contribution < 1.29 is 14.3 Å². The van der Waals surface area contributed by atoms with Crippen molar-refractivity contribution >= 4 is 23.4 Å². The summed E-state index contributed by atoms with van der Waals surface area (Å²) in [5, 5.41) is 5.53. The van der Waals surface area contributed by atoms with Crippen LogP contribution in [-0.4, -0.2) is 29.1 Å². The van der Waals surface area contributed by atoms with E-state index in [1.54, 1.807) is 18.3 Å². The van der Waals surface area contributed by atoms with E-state index in [9.17, 15) is 9.59 Å². The number of hydrogen-bond acceptors (Lipinski definition) is 5. The molecular formula is C18H23N5O3. The monoisotopic (exact) mass is 357 g/mol. The smallest absolute Gasteiger partial charge is 0.411 e. The highest BCUT2D eigenvalue weighted by Crippen LogP contribution is 2.31. The Bertz CT molecular complexity index is 802. The number of nitrogens with two attached hydrogens (primary N) is 1. The topological polar surface area (TPSA) is 122 Å². The first-order valence-corrected chi connectivity index (χ1v) is 8.66. The van der Waals surface area contributed by atoms with Crippen molar-refractivity contribution in [2.24, 2.45) is 5.73 Å². The normalized spacial score (nSPS) is 17.8. The van der Waals surface area contributed by atoms with Gasteiger partial charge < -0.3 is 20.8 Å². The molecule has 1 aromatic carbocycles. The molecule has 1 aromatic heterocycles. The zero-order chi connectivity index (χ0) is 18.5. The van der Waals surface area contributed by atoms with Crippen molar-refractivity contribution in [2.45, 2.75) is 38.1 Å². The molecule has 2 bridgehead atoms. The van der Waals surface area contributed by atoms with Crippen molar-refractivity contribution in [3.8, 4) is 11.3 Å². The molecular weight excluding hydrogens is 334 g/mol. The molecule has 0 spiro atoms. The molecule has 2 heterocycles. The van der Waals surface area contributed by atoms with Crippen LogP contribution in [0.3, 0.4) is 0 Å². The Morgan fingerprint density at radius 1 is 1.35 bits per heavy atom. The Labute approximate surface area is 151 Å². The maximum absolute atomic E-state index is 12.3. The highest BCUT2D eigenvalue weighted by atomic mass is 16.5. The van der Waals surface area contributed by atoms with E-state index >= 15 is 0 Å². The standard InChI is InChI=1S/C18H23N5O3/c1-26-18(25)21-11-7-8-12-14(9-11)22-16(24)6-4-2-3-5-13(19)17-20-10-15(12)23-17/h7-10,13H,2-6,19H2,1H3,(H,20,23)(H,21,25)(H,22,24)/t13-/m0/s1. The molecule has 1 aliphatic heterocycles. The number of methoxy groups -OCH3 is 1. The number of carbonyl (C=O) groups is 2. The zero-order valence-electron chi connectivity index (χ0n) is 14.7. The summed E-state index contributed by atoms with van der Waals surface area (Å²) in [6.45, 7) is 0. The lowest BCUT2D eigenvalue weighted by Gasteiger charge is -2.13. The number of nitrogens with one attached hydrogen (secondary N) is 3. The number of amides is 2. The molecule has 8 heteroatoms. The van der Waals surface area contributed by atoms with Crippen molar-refractivity contribution in [1.29, 1.82) is 0 Å². The molecule has 2 amide bonds. The van der Waals surface area contributed by atoms with Crippen LogP contribution in [0.15, 0.2) is 24.4 Å². The Morgan fingerprint density at radius 3 is 3.00 bits per heavy atom. The number of fused-ring (bicyclic) bond motifs is 4. The number of ether oxygens (including phenoxy) is 1. The van der Waals surface area contributed by atoms with Gasteiger partial charge in [-0.2, -0.15) is 0 Å². The number of rotatable bonds is 1. The van der Waals surface area contributed by atoms with Gasteiger partial charge in [0, 0.05) is 17.7 Å². The number of carbonyl (C=O) groups excluding carboxylic acids is 2. The predicted octanol–water partition coefficient (Wildman–Crippen LogP) is 3.16. The Balaban J connectivity index is 1.98. The van der Waals surface area contributed by atoms with Crippen LogP contribution in [0.25, 0.3) is 11.3 Å². The number of benzene rings is 1. The summed E-state index contributed by atoms with van der Waals surface area (Å²) < 4.78 is 4.61. The average molecular weight is 357 g/mol. The second-order valence-corrected chi connectivity index (χ2v) is 6.31. The average Bonchev–Trinajstić information content (AvgIpc) is 3.11. The molecule has 0 saturated heterocycles. The summed E-state index contributed by atoms with van der Waals surface area (Å²) in [5.41, 5.74) is 8.86. The molecule has 0 saturated carbocycles. The van der Waals surface area contributed by atoms with E-state index in [1.807, 2.05) is 6.07 Å². The molecule has 8 nitrogen and oxygen atoms in total. The molecule has 1 atom stereocenters. The van der Waals surface area contributed by atoms with Gasteiger partial charge in [-0.05, 0) is 31.0 Å². The molecule has 138 valence electrons. The van der Waals surface area contributed by atoms with Gasteiger partial charge in [0.05, 0.1) is 30.7 Å². The second kappa shape index (κ2) is 8.01. The van der Waals surface area contributed by atoms with E-state index in [1.165, 1.54) is 7.11 Å². The summed E-state index contributed by atoms with van der Waals surface area (Å²) in [7, 11) is 1.29. The van der Waals surface area contributed by atoms with Gasteiger partial charge in [-0.25, -0.2) is 9.78 Å². The third-order valence-electron chi connectivity index (χ3n) is 4.38. The first-order chi connectivity index (χ1) is 12.6. The summed E-state index contributed by atoms with van der Waals surface area (Å²) in [6, 6.07) is 5.09. The number of aromatic amines is 1. The molecule has 2 aromatic rings. The molecule has 0 fully saturated rings. The van der Waals surface area contributed by atoms with Crippen LogP contribution in [0.5, 0.6) is 0 Å².